The average Bonchev–Trinajstić information content (AvgIpc) is 2.41. The van der Waals surface area contributed by atoms with Crippen LogP contribution >= 0.6 is 11.8 Å². The number of imidazole rings is 1. The topological polar surface area (TPSA) is 28.7 Å². The molecule has 3 heteroatoms. The molecule has 10 heavy (non-hydrogen) atoms. The number of nitrogens with one attached hydrogen (secondary N) is 1. The van der Waals surface area contributed by atoms with Gasteiger partial charge in [0.15, 0.2) is 5.16 Å². The largest absolute Gasteiger partial charge is 0.340 e. The minimum atomic E-state index is 0.797. The zero-order valence-corrected chi connectivity index (χ0v) is 6.32. The summed E-state index contributed by atoms with van der Waals surface area (Å²) in [5, 5.41) is 0.940. The molecule has 1 aromatic rings. The van der Waals surface area contributed by atoms with Crippen molar-refractivity contribution in [1.82, 2.24) is 9.97 Å². The molecule has 0 atom stereocenters. The fraction of sp³-hybridized carbons (Fsp3) is 0.286. The number of terminal acetylenes is 1. The summed E-state index contributed by atoms with van der Waals surface area (Å²) in [7, 11) is 0. The Morgan fingerprint density at radius 1 is 1.80 bits per heavy atom. The first kappa shape index (κ1) is 7.23. The van der Waals surface area contributed by atoms with Crippen LogP contribution in [0.3, 0.4) is 0 Å². The molecule has 1 aromatic heterocycles. The summed E-state index contributed by atoms with van der Waals surface area (Å²) in [5.41, 5.74) is 0. The van der Waals surface area contributed by atoms with Crippen LogP contribution in [0, 0.1) is 12.3 Å². The molecule has 0 aliphatic heterocycles. The summed E-state index contributed by atoms with van der Waals surface area (Å²) < 4.78 is 0. The molecule has 0 aliphatic rings. The lowest BCUT2D eigenvalue weighted by molar-refractivity contribution is 1.05. The third kappa shape index (κ3) is 2.16. The lowest BCUT2D eigenvalue weighted by Crippen LogP contribution is -1.77. The fourth-order valence-corrected chi connectivity index (χ4v) is 1.24. The van der Waals surface area contributed by atoms with Gasteiger partial charge >= 0.3 is 0 Å². The molecule has 52 valence electrons. The van der Waals surface area contributed by atoms with E-state index in [9.17, 15) is 0 Å². The number of nitrogens with zero attached hydrogens (tertiary/aromatic N) is 1. The molecule has 0 radical (unpaired) electrons. The first-order valence-electron chi connectivity index (χ1n) is 2.99. The van der Waals surface area contributed by atoms with Crippen molar-refractivity contribution >= 4 is 11.8 Å². The Labute approximate surface area is 64.4 Å². The van der Waals surface area contributed by atoms with E-state index in [-0.39, 0.29) is 0 Å². The van der Waals surface area contributed by atoms with Crippen LogP contribution < -0.4 is 0 Å². The maximum Gasteiger partial charge on any atom is 0.165 e. The van der Waals surface area contributed by atoms with Gasteiger partial charge in [0, 0.05) is 24.6 Å². The molecule has 0 aliphatic carbocycles. The van der Waals surface area contributed by atoms with Gasteiger partial charge in [0.1, 0.15) is 0 Å². The number of thioether (sulfide) groups is 1. The first-order valence-corrected chi connectivity index (χ1v) is 3.97. The number of aromatic amines is 1. The minimum absolute atomic E-state index is 0.797. The van der Waals surface area contributed by atoms with Crippen LogP contribution in [-0.2, 0) is 0 Å². The van der Waals surface area contributed by atoms with E-state index in [1.54, 1.807) is 24.2 Å². The third-order valence-electron chi connectivity index (χ3n) is 0.958. The van der Waals surface area contributed by atoms with Crippen molar-refractivity contribution in [2.45, 2.75) is 11.6 Å². The highest BCUT2D eigenvalue weighted by Crippen LogP contribution is 2.11. The van der Waals surface area contributed by atoms with Gasteiger partial charge < -0.3 is 4.98 Å². The summed E-state index contributed by atoms with van der Waals surface area (Å²) in [6, 6.07) is 0. The highest BCUT2D eigenvalue weighted by molar-refractivity contribution is 7.99. The predicted octanol–water partition coefficient (Wildman–Crippen LogP) is 1.53. The standard InChI is InChI=1S/C7H8N2S/c1-2-3-6-10-7-8-4-5-9-7/h1,4-5H,3,6H2,(H,8,9). The highest BCUT2D eigenvalue weighted by Gasteiger charge is 1.91. The number of hydrogen-bond acceptors (Lipinski definition) is 2. The van der Waals surface area contributed by atoms with Crippen molar-refractivity contribution in [2.75, 3.05) is 5.75 Å². The quantitative estimate of drug-likeness (QED) is 0.404. The van der Waals surface area contributed by atoms with E-state index in [1.807, 2.05) is 0 Å². The van der Waals surface area contributed by atoms with Crippen LogP contribution in [0.5, 0.6) is 0 Å². The molecular weight excluding hydrogens is 144 g/mol. The van der Waals surface area contributed by atoms with Gasteiger partial charge in [-0.2, -0.15) is 0 Å². The van der Waals surface area contributed by atoms with E-state index in [1.165, 1.54) is 0 Å². The van der Waals surface area contributed by atoms with Gasteiger partial charge in [-0.05, 0) is 0 Å². The number of hydrogen-bond donors (Lipinski definition) is 1. The molecular formula is C7H8N2S. The molecule has 1 heterocycles. The second-order valence-corrected chi connectivity index (χ2v) is 2.78. The van der Waals surface area contributed by atoms with Crippen molar-refractivity contribution in [3.63, 3.8) is 0 Å². The Morgan fingerprint density at radius 2 is 2.70 bits per heavy atom. The van der Waals surface area contributed by atoms with Gasteiger partial charge in [-0.3, -0.25) is 0 Å². The van der Waals surface area contributed by atoms with Crippen molar-refractivity contribution in [3.8, 4) is 12.3 Å². The molecule has 2 nitrogen and oxygen atoms in total. The van der Waals surface area contributed by atoms with Crippen LogP contribution in [0.4, 0.5) is 0 Å². The van der Waals surface area contributed by atoms with E-state index in [4.69, 9.17) is 6.42 Å². The Morgan fingerprint density at radius 3 is 3.30 bits per heavy atom. The smallest absolute Gasteiger partial charge is 0.165 e. The van der Waals surface area contributed by atoms with Crippen LogP contribution in [0.1, 0.15) is 6.42 Å². The van der Waals surface area contributed by atoms with E-state index in [2.05, 4.69) is 15.9 Å². The van der Waals surface area contributed by atoms with Crippen molar-refractivity contribution < 1.29 is 0 Å². The summed E-state index contributed by atoms with van der Waals surface area (Å²) in [4.78, 5) is 7.01. The molecule has 0 bridgehead atoms. The maximum atomic E-state index is 5.07. The number of rotatable bonds is 3. The Bertz CT molecular complexity index is 210. The van der Waals surface area contributed by atoms with Gasteiger partial charge in [-0.15, -0.1) is 12.3 Å². The normalized spacial score (nSPS) is 9.10. The minimum Gasteiger partial charge on any atom is -0.340 e. The second kappa shape index (κ2) is 4.02. The van der Waals surface area contributed by atoms with Gasteiger partial charge in [0.05, 0.1) is 0 Å². The van der Waals surface area contributed by atoms with Crippen molar-refractivity contribution in [3.05, 3.63) is 12.4 Å². The molecule has 1 rings (SSSR count). The Hall–Kier alpha value is -0.880. The zero-order chi connectivity index (χ0) is 7.23. The lowest BCUT2D eigenvalue weighted by atomic mass is 10.5. The molecule has 0 aromatic carbocycles. The van der Waals surface area contributed by atoms with Crippen LogP contribution in [-0.4, -0.2) is 15.7 Å². The second-order valence-electron chi connectivity index (χ2n) is 1.70. The van der Waals surface area contributed by atoms with E-state index in [0.717, 1.165) is 17.3 Å². The van der Waals surface area contributed by atoms with Gasteiger partial charge in [0.2, 0.25) is 0 Å². The van der Waals surface area contributed by atoms with Crippen LogP contribution in [0.25, 0.3) is 0 Å². The van der Waals surface area contributed by atoms with Crippen molar-refractivity contribution in [1.29, 1.82) is 0 Å². The van der Waals surface area contributed by atoms with Crippen molar-refractivity contribution in [2.24, 2.45) is 0 Å². The van der Waals surface area contributed by atoms with Gasteiger partial charge in [-0.1, -0.05) is 11.8 Å². The molecule has 0 fully saturated rings. The predicted molar refractivity (Wildman–Crippen MR) is 42.8 cm³/mol. The van der Waals surface area contributed by atoms with Gasteiger partial charge in [0.25, 0.3) is 0 Å². The van der Waals surface area contributed by atoms with Crippen LogP contribution in [0.2, 0.25) is 0 Å². The van der Waals surface area contributed by atoms with Crippen LogP contribution in [0.15, 0.2) is 17.6 Å². The molecule has 0 unspecified atom stereocenters. The lowest BCUT2D eigenvalue weighted by Gasteiger charge is -1.89. The molecule has 0 spiro atoms. The van der Waals surface area contributed by atoms with E-state index < -0.39 is 0 Å². The Balaban J connectivity index is 2.23. The zero-order valence-electron chi connectivity index (χ0n) is 5.50. The molecule has 0 saturated carbocycles. The SMILES string of the molecule is C#CCCSc1ncc[nH]1. The molecule has 0 saturated heterocycles. The van der Waals surface area contributed by atoms with E-state index >= 15 is 0 Å². The first-order chi connectivity index (χ1) is 4.93. The number of aromatic nitrogens is 2. The average molecular weight is 152 g/mol. The molecule has 0 amide bonds. The third-order valence-corrected chi connectivity index (χ3v) is 1.86. The summed E-state index contributed by atoms with van der Waals surface area (Å²) in [6.45, 7) is 0. The fourth-order valence-electron chi connectivity index (χ4n) is 0.536. The Kier molecular flexibility index (Phi) is 2.91. The maximum absolute atomic E-state index is 5.07. The van der Waals surface area contributed by atoms with E-state index in [0.29, 0.717) is 0 Å². The number of H-pyrrole nitrogens is 1. The summed E-state index contributed by atoms with van der Waals surface area (Å²) in [6.07, 6.45) is 9.41. The molecule has 1 N–H and O–H groups in total. The highest BCUT2D eigenvalue weighted by atomic mass is 32.2. The monoisotopic (exact) mass is 152 g/mol. The summed E-state index contributed by atoms with van der Waals surface area (Å²) >= 11 is 1.64. The van der Waals surface area contributed by atoms with Gasteiger partial charge in [-0.25, -0.2) is 4.98 Å². The summed E-state index contributed by atoms with van der Waals surface area (Å²) in [5.74, 6) is 3.50.